The van der Waals surface area contributed by atoms with E-state index in [0.29, 0.717) is 24.5 Å². The first-order valence-corrected chi connectivity index (χ1v) is 11.0. The second-order valence-electron chi connectivity index (χ2n) is 8.67. The number of carbonyl (C=O) groups excluding carboxylic acids is 1. The Morgan fingerprint density at radius 2 is 2.00 bits per heavy atom. The van der Waals surface area contributed by atoms with E-state index in [0.717, 1.165) is 30.5 Å². The Hall–Kier alpha value is -3.18. The van der Waals surface area contributed by atoms with Gasteiger partial charge >= 0.3 is 0 Å². The molecule has 8 heteroatoms. The molecule has 32 heavy (non-hydrogen) atoms. The highest BCUT2D eigenvalue weighted by Gasteiger charge is 2.42. The van der Waals surface area contributed by atoms with Gasteiger partial charge in [-0.2, -0.15) is 5.26 Å². The van der Waals surface area contributed by atoms with Crippen LogP contribution in [0.2, 0.25) is 0 Å². The molecule has 0 spiro atoms. The molecule has 0 aromatic carbocycles. The maximum atomic E-state index is 13.1. The fourth-order valence-corrected chi connectivity index (χ4v) is 4.76. The molecule has 0 radical (unpaired) electrons. The quantitative estimate of drug-likeness (QED) is 0.689. The molecule has 3 heterocycles. The molecular formula is C24H29N5O3. The Morgan fingerprint density at radius 1 is 1.25 bits per heavy atom. The predicted molar refractivity (Wildman–Crippen MR) is 119 cm³/mol. The first-order chi connectivity index (χ1) is 15.5. The normalized spacial score (nSPS) is 22.1. The van der Waals surface area contributed by atoms with Gasteiger partial charge in [0.1, 0.15) is 24.1 Å². The number of amides is 1. The number of anilines is 1. The number of nitrogens with zero attached hydrogens (tertiary/aromatic N) is 5. The molecule has 8 nitrogen and oxygen atoms in total. The summed E-state index contributed by atoms with van der Waals surface area (Å²) in [6, 6.07) is 7.97. The monoisotopic (exact) mass is 435 g/mol. The molecule has 1 aliphatic carbocycles. The van der Waals surface area contributed by atoms with Gasteiger partial charge in [-0.3, -0.25) is 9.78 Å². The van der Waals surface area contributed by atoms with Crippen molar-refractivity contribution < 1.29 is 14.3 Å². The van der Waals surface area contributed by atoms with Crippen molar-refractivity contribution in [3.63, 3.8) is 0 Å². The summed E-state index contributed by atoms with van der Waals surface area (Å²) >= 11 is 0. The van der Waals surface area contributed by atoms with Crippen molar-refractivity contribution in [2.45, 2.75) is 50.8 Å². The summed E-state index contributed by atoms with van der Waals surface area (Å²) in [7, 11) is 1.62. The van der Waals surface area contributed by atoms with Crippen LogP contribution in [0.15, 0.2) is 36.8 Å². The molecule has 4 rings (SSSR count). The molecule has 2 aromatic heterocycles. The van der Waals surface area contributed by atoms with Gasteiger partial charge in [-0.05, 0) is 51.3 Å². The minimum absolute atomic E-state index is 0.00192. The molecular weight excluding hydrogens is 406 g/mol. The van der Waals surface area contributed by atoms with E-state index in [1.54, 1.807) is 31.8 Å². The Balaban J connectivity index is 1.41. The van der Waals surface area contributed by atoms with E-state index in [1.165, 1.54) is 0 Å². The summed E-state index contributed by atoms with van der Waals surface area (Å²) in [4.78, 5) is 25.5. The van der Waals surface area contributed by atoms with Crippen LogP contribution in [0.1, 0.15) is 44.4 Å². The fourth-order valence-electron chi connectivity index (χ4n) is 4.76. The largest absolute Gasteiger partial charge is 0.495 e. The lowest BCUT2D eigenvalue weighted by Gasteiger charge is -2.46. The predicted octanol–water partition coefficient (Wildman–Crippen LogP) is 2.88. The molecule has 1 unspecified atom stereocenters. The third-order valence-corrected chi connectivity index (χ3v) is 6.54. The van der Waals surface area contributed by atoms with E-state index in [-0.39, 0.29) is 24.6 Å². The fraction of sp³-hybridized carbons (Fsp3) is 0.500. The zero-order valence-corrected chi connectivity index (χ0v) is 18.8. The van der Waals surface area contributed by atoms with Gasteiger partial charge in [0, 0.05) is 48.8 Å². The van der Waals surface area contributed by atoms with Gasteiger partial charge in [-0.25, -0.2) is 4.98 Å². The Morgan fingerprint density at radius 3 is 2.62 bits per heavy atom. The molecule has 2 atom stereocenters. The molecule has 2 fully saturated rings. The molecule has 1 aliphatic heterocycles. The molecule has 2 aromatic rings. The maximum absolute atomic E-state index is 13.1. The smallest absolute Gasteiger partial charge is 0.248 e. The highest BCUT2D eigenvalue weighted by Crippen LogP contribution is 2.45. The van der Waals surface area contributed by atoms with Gasteiger partial charge in [0.2, 0.25) is 5.91 Å². The molecule has 168 valence electrons. The number of aromatic nitrogens is 2. The van der Waals surface area contributed by atoms with Crippen molar-refractivity contribution in [1.82, 2.24) is 14.9 Å². The van der Waals surface area contributed by atoms with Gasteiger partial charge in [-0.15, -0.1) is 0 Å². The molecule has 1 saturated carbocycles. The highest BCUT2D eigenvalue weighted by atomic mass is 16.5. The van der Waals surface area contributed by atoms with Crippen LogP contribution in [0.3, 0.4) is 0 Å². The minimum Gasteiger partial charge on any atom is -0.495 e. The number of methoxy groups -OCH3 is 1. The molecule has 1 saturated heterocycles. The van der Waals surface area contributed by atoms with Crippen LogP contribution < -0.4 is 9.64 Å². The second kappa shape index (κ2) is 9.13. The van der Waals surface area contributed by atoms with Crippen LogP contribution in [0.25, 0.3) is 0 Å². The van der Waals surface area contributed by atoms with E-state index in [2.05, 4.69) is 34.8 Å². The Labute approximate surface area is 188 Å². The lowest BCUT2D eigenvalue weighted by Crippen LogP contribution is -2.59. The molecule has 0 bridgehead atoms. The summed E-state index contributed by atoms with van der Waals surface area (Å²) in [5.41, 5.74) is 1.86. The van der Waals surface area contributed by atoms with Gasteiger partial charge in [0.05, 0.1) is 18.9 Å². The number of rotatable bonds is 6. The molecule has 1 amide bonds. The van der Waals surface area contributed by atoms with E-state index in [9.17, 15) is 4.79 Å². The van der Waals surface area contributed by atoms with Crippen LogP contribution in [-0.4, -0.2) is 59.7 Å². The van der Waals surface area contributed by atoms with Crippen molar-refractivity contribution in [3.05, 3.63) is 48.0 Å². The SMILES string of the molecule is COc1cncc(C2(OCC(=O)N3CC(C)N(c4ccnc(C#N)c4)[C@@H](C)C3)CCC2)c1. The van der Waals surface area contributed by atoms with E-state index >= 15 is 0 Å². The van der Waals surface area contributed by atoms with Crippen LogP contribution in [0.4, 0.5) is 5.69 Å². The number of hydrogen-bond donors (Lipinski definition) is 0. The summed E-state index contributed by atoms with van der Waals surface area (Å²) < 4.78 is 11.5. The third-order valence-electron chi connectivity index (χ3n) is 6.54. The average Bonchev–Trinajstić information content (AvgIpc) is 2.78. The Bertz CT molecular complexity index is 1000. The van der Waals surface area contributed by atoms with Crippen molar-refractivity contribution in [2.24, 2.45) is 0 Å². The lowest BCUT2D eigenvalue weighted by molar-refractivity contribution is -0.154. The standard InChI is InChI=1S/C24H29N5O3/c1-17-14-28(15-18(2)29(17)21-5-8-27-20(10-21)11-25)23(30)16-32-24(6-4-7-24)19-9-22(31-3)13-26-12-19/h5,8-10,12-13,17-18H,4,6-7,14-16H2,1-3H3/t17-,18?/m0/s1. The maximum Gasteiger partial charge on any atom is 0.248 e. The van der Waals surface area contributed by atoms with Crippen LogP contribution in [0, 0.1) is 11.3 Å². The van der Waals surface area contributed by atoms with Gasteiger partial charge in [0.25, 0.3) is 0 Å². The van der Waals surface area contributed by atoms with Crippen LogP contribution in [-0.2, 0) is 15.1 Å². The number of pyridine rings is 2. The van der Waals surface area contributed by atoms with E-state index in [4.69, 9.17) is 14.7 Å². The summed E-state index contributed by atoms with van der Waals surface area (Å²) in [6.07, 6.45) is 7.95. The third kappa shape index (κ3) is 4.26. The summed E-state index contributed by atoms with van der Waals surface area (Å²) in [6.45, 7) is 5.44. The van der Waals surface area contributed by atoms with Crippen molar-refractivity contribution in [3.8, 4) is 11.8 Å². The number of carbonyl (C=O) groups is 1. The second-order valence-corrected chi connectivity index (χ2v) is 8.67. The highest BCUT2D eigenvalue weighted by molar-refractivity contribution is 5.78. The summed E-state index contributed by atoms with van der Waals surface area (Å²) in [5.74, 6) is 0.691. The van der Waals surface area contributed by atoms with Gasteiger partial charge in [0.15, 0.2) is 0 Å². The first-order valence-electron chi connectivity index (χ1n) is 11.0. The topological polar surface area (TPSA) is 91.6 Å². The molecule has 0 N–H and O–H groups in total. The zero-order chi connectivity index (χ0) is 22.7. The molecule has 2 aliphatic rings. The number of nitriles is 1. The lowest BCUT2D eigenvalue weighted by atomic mass is 9.75. The van der Waals surface area contributed by atoms with Crippen molar-refractivity contribution in [1.29, 1.82) is 5.26 Å². The van der Waals surface area contributed by atoms with E-state index < -0.39 is 5.60 Å². The number of piperazine rings is 1. The van der Waals surface area contributed by atoms with Gasteiger partial charge in [-0.1, -0.05) is 0 Å². The number of ether oxygens (including phenoxy) is 2. The van der Waals surface area contributed by atoms with Crippen LogP contribution >= 0.6 is 0 Å². The average molecular weight is 436 g/mol. The van der Waals surface area contributed by atoms with Gasteiger partial charge < -0.3 is 19.3 Å². The minimum atomic E-state index is -0.457. The Kier molecular flexibility index (Phi) is 6.28. The van der Waals surface area contributed by atoms with E-state index in [1.807, 2.05) is 17.0 Å². The van der Waals surface area contributed by atoms with Crippen molar-refractivity contribution in [2.75, 3.05) is 31.7 Å². The van der Waals surface area contributed by atoms with Crippen LogP contribution in [0.5, 0.6) is 5.75 Å². The zero-order valence-electron chi connectivity index (χ0n) is 18.8. The van der Waals surface area contributed by atoms with Crippen molar-refractivity contribution >= 4 is 11.6 Å². The first kappa shape index (κ1) is 22.0. The number of hydrogen-bond acceptors (Lipinski definition) is 7. The summed E-state index contributed by atoms with van der Waals surface area (Å²) in [5, 5.41) is 9.16.